The van der Waals surface area contributed by atoms with E-state index in [1.807, 2.05) is 31.2 Å². The third-order valence-corrected chi connectivity index (χ3v) is 2.41. The summed E-state index contributed by atoms with van der Waals surface area (Å²) in [6, 6.07) is 11.0. The van der Waals surface area contributed by atoms with Gasteiger partial charge in [0.05, 0.1) is 5.69 Å². The van der Waals surface area contributed by atoms with Crippen LogP contribution < -0.4 is 11.3 Å². The van der Waals surface area contributed by atoms with Gasteiger partial charge in [-0.2, -0.15) is 5.10 Å². The molecule has 0 aliphatic carbocycles. The largest absolute Gasteiger partial charge is 0.324 e. The molecule has 4 heteroatoms. The fraction of sp³-hybridized carbons (Fsp3) is 0.167. The first-order chi connectivity index (χ1) is 7.66. The van der Waals surface area contributed by atoms with Gasteiger partial charge in [0.15, 0.2) is 0 Å². The molecule has 1 heterocycles. The van der Waals surface area contributed by atoms with Crippen molar-refractivity contribution in [1.29, 1.82) is 0 Å². The number of nitrogens with one attached hydrogen (secondary N) is 1. The highest BCUT2D eigenvalue weighted by Gasteiger charge is 2.01. The van der Waals surface area contributed by atoms with Crippen molar-refractivity contribution >= 4 is 0 Å². The molecule has 1 aromatic heterocycles. The smallest absolute Gasteiger partial charge is 0.264 e. The van der Waals surface area contributed by atoms with Crippen molar-refractivity contribution in [2.45, 2.75) is 13.0 Å². The SMILES string of the molecule is CC(N)c1ccc(-c2ccc(=O)[nH]n2)cc1. The molecular formula is C12H13N3O. The molecule has 82 valence electrons. The lowest BCUT2D eigenvalue weighted by Gasteiger charge is -2.06. The molecular weight excluding hydrogens is 202 g/mol. The summed E-state index contributed by atoms with van der Waals surface area (Å²) in [4.78, 5) is 10.9. The zero-order valence-electron chi connectivity index (χ0n) is 8.97. The molecule has 3 N–H and O–H groups in total. The second-order valence-corrected chi connectivity index (χ2v) is 3.72. The second kappa shape index (κ2) is 4.28. The Morgan fingerprint density at radius 2 is 1.88 bits per heavy atom. The van der Waals surface area contributed by atoms with Gasteiger partial charge < -0.3 is 5.73 Å². The summed E-state index contributed by atoms with van der Waals surface area (Å²) in [5.74, 6) is 0. The minimum Gasteiger partial charge on any atom is -0.324 e. The van der Waals surface area contributed by atoms with E-state index in [1.54, 1.807) is 6.07 Å². The number of benzene rings is 1. The third-order valence-electron chi connectivity index (χ3n) is 2.41. The second-order valence-electron chi connectivity index (χ2n) is 3.72. The van der Waals surface area contributed by atoms with Crippen molar-refractivity contribution in [3.8, 4) is 11.3 Å². The van der Waals surface area contributed by atoms with Gasteiger partial charge in [0.2, 0.25) is 0 Å². The van der Waals surface area contributed by atoms with Crippen LogP contribution in [0, 0.1) is 0 Å². The van der Waals surface area contributed by atoms with Crippen LogP contribution in [0.2, 0.25) is 0 Å². The summed E-state index contributed by atoms with van der Waals surface area (Å²) in [5, 5.41) is 6.36. The van der Waals surface area contributed by atoms with Crippen molar-refractivity contribution in [2.75, 3.05) is 0 Å². The van der Waals surface area contributed by atoms with Crippen molar-refractivity contribution in [1.82, 2.24) is 10.2 Å². The molecule has 1 aromatic carbocycles. The molecule has 1 atom stereocenters. The van der Waals surface area contributed by atoms with E-state index in [2.05, 4.69) is 10.2 Å². The minimum absolute atomic E-state index is 0.0255. The van der Waals surface area contributed by atoms with E-state index in [-0.39, 0.29) is 11.6 Å². The Kier molecular flexibility index (Phi) is 2.83. The maximum absolute atomic E-state index is 10.9. The summed E-state index contributed by atoms with van der Waals surface area (Å²) in [6.45, 7) is 1.94. The third kappa shape index (κ3) is 2.17. The number of nitrogens with two attached hydrogens (primary N) is 1. The van der Waals surface area contributed by atoms with Crippen LogP contribution in [-0.4, -0.2) is 10.2 Å². The van der Waals surface area contributed by atoms with Crippen molar-refractivity contribution in [3.05, 3.63) is 52.3 Å². The molecule has 1 unspecified atom stereocenters. The van der Waals surface area contributed by atoms with Crippen molar-refractivity contribution in [2.24, 2.45) is 5.73 Å². The van der Waals surface area contributed by atoms with E-state index in [9.17, 15) is 4.79 Å². The number of nitrogens with zero attached hydrogens (tertiary/aromatic N) is 1. The lowest BCUT2D eigenvalue weighted by atomic mass is 10.1. The number of hydrogen-bond donors (Lipinski definition) is 2. The van der Waals surface area contributed by atoms with Gasteiger partial charge >= 0.3 is 0 Å². The van der Waals surface area contributed by atoms with Crippen LogP contribution in [0.1, 0.15) is 18.5 Å². The van der Waals surface area contributed by atoms with Crippen LogP contribution >= 0.6 is 0 Å². The fourth-order valence-electron chi connectivity index (χ4n) is 1.46. The van der Waals surface area contributed by atoms with Gasteiger partial charge in [0, 0.05) is 17.7 Å². The highest BCUT2D eigenvalue weighted by Crippen LogP contribution is 2.18. The number of H-pyrrole nitrogens is 1. The number of rotatable bonds is 2. The van der Waals surface area contributed by atoms with Crippen LogP contribution in [0.25, 0.3) is 11.3 Å². The first-order valence-electron chi connectivity index (χ1n) is 5.08. The van der Waals surface area contributed by atoms with E-state index >= 15 is 0 Å². The Morgan fingerprint density at radius 3 is 2.38 bits per heavy atom. The highest BCUT2D eigenvalue weighted by atomic mass is 16.1. The normalized spacial score (nSPS) is 12.4. The predicted molar refractivity (Wildman–Crippen MR) is 62.9 cm³/mol. The van der Waals surface area contributed by atoms with Crippen LogP contribution in [0.4, 0.5) is 0 Å². The summed E-state index contributed by atoms with van der Waals surface area (Å²) in [6.07, 6.45) is 0. The zero-order chi connectivity index (χ0) is 11.5. The predicted octanol–water partition coefficient (Wildman–Crippen LogP) is 1.46. The van der Waals surface area contributed by atoms with E-state index < -0.39 is 0 Å². The molecule has 0 aliphatic rings. The molecule has 0 spiro atoms. The van der Waals surface area contributed by atoms with Crippen LogP contribution in [0.3, 0.4) is 0 Å². The summed E-state index contributed by atoms with van der Waals surface area (Å²) in [7, 11) is 0. The topological polar surface area (TPSA) is 71.8 Å². The molecule has 16 heavy (non-hydrogen) atoms. The van der Waals surface area contributed by atoms with Gasteiger partial charge in [-0.1, -0.05) is 24.3 Å². The van der Waals surface area contributed by atoms with Crippen LogP contribution in [-0.2, 0) is 0 Å². The molecule has 2 rings (SSSR count). The fourth-order valence-corrected chi connectivity index (χ4v) is 1.46. The Hall–Kier alpha value is -1.94. The molecule has 0 bridgehead atoms. The summed E-state index contributed by atoms with van der Waals surface area (Å²) >= 11 is 0. The van der Waals surface area contributed by atoms with Crippen LogP contribution in [0.5, 0.6) is 0 Å². The Labute approximate surface area is 93.1 Å². The maximum atomic E-state index is 10.9. The Bertz CT molecular complexity index is 508. The lowest BCUT2D eigenvalue weighted by molar-refractivity contribution is 0.818. The molecule has 4 nitrogen and oxygen atoms in total. The summed E-state index contributed by atoms with van der Waals surface area (Å²) < 4.78 is 0. The molecule has 0 radical (unpaired) electrons. The minimum atomic E-state index is -0.198. The molecule has 0 saturated heterocycles. The maximum Gasteiger partial charge on any atom is 0.264 e. The monoisotopic (exact) mass is 215 g/mol. The van der Waals surface area contributed by atoms with Crippen molar-refractivity contribution in [3.63, 3.8) is 0 Å². The first-order valence-corrected chi connectivity index (χ1v) is 5.08. The number of aromatic amines is 1. The highest BCUT2D eigenvalue weighted by molar-refractivity contribution is 5.58. The number of hydrogen-bond acceptors (Lipinski definition) is 3. The van der Waals surface area contributed by atoms with Crippen molar-refractivity contribution < 1.29 is 0 Å². The number of aromatic nitrogens is 2. The zero-order valence-corrected chi connectivity index (χ0v) is 8.97. The molecule has 2 aromatic rings. The Balaban J connectivity index is 2.34. The van der Waals surface area contributed by atoms with Crippen LogP contribution in [0.15, 0.2) is 41.2 Å². The summed E-state index contributed by atoms with van der Waals surface area (Å²) in [5.41, 5.74) is 8.34. The van der Waals surface area contributed by atoms with Gasteiger partial charge in [0.1, 0.15) is 0 Å². The van der Waals surface area contributed by atoms with E-state index in [0.29, 0.717) is 0 Å². The van der Waals surface area contributed by atoms with Gasteiger partial charge in [-0.15, -0.1) is 0 Å². The molecule has 0 fully saturated rings. The van der Waals surface area contributed by atoms with Gasteiger partial charge in [0.25, 0.3) is 5.56 Å². The molecule has 0 saturated carbocycles. The van der Waals surface area contributed by atoms with E-state index in [1.165, 1.54) is 6.07 Å². The quantitative estimate of drug-likeness (QED) is 0.796. The van der Waals surface area contributed by atoms with Gasteiger partial charge in [-0.25, -0.2) is 5.10 Å². The first kappa shape index (κ1) is 10.6. The lowest BCUT2D eigenvalue weighted by Crippen LogP contribution is -2.06. The molecule has 0 amide bonds. The van der Waals surface area contributed by atoms with Gasteiger partial charge in [-0.3, -0.25) is 4.79 Å². The van der Waals surface area contributed by atoms with Gasteiger partial charge in [-0.05, 0) is 18.6 Å². The van der Waals surface area contributed by atoms with E-state index in [4.69, 9.17) is 5.73 Å². The average molecular weight is 215 g/mol. The average Bonchev–Trinajstić information content (AvgIpc) is 2.30. The Morgan fingerprint density at radius 1 is 1.19 bits per heavy atom. The standard InChI is InChI=1S/C12H13N3O/c1-8(13)9-2-4-10(5-3-9)11-6-7-12(16)15-14-11/h2-8H,13H2,1H3,(H,15,16). The molecule has 0 aliphatic heterocycles. The van der Waals surface area contributed by atoms with E-state index in [0.717, 1.165) is 16.8 Å².